The maximum atomic E-state index is 3.64. The van der Waals surface area contributed by atoms with Crippen LogP contribution in [0.15, 0.2) is 24.3 Å². The average molecular weight is 128 g/mol. The molecule has 46 valence electrons. The monoisotopic (exact) mass is 128 g/mol. The molecular weight excluding hydrogens is 116 g/mol. The van der Waals surface area contributed by atoms with Gasteiger partial charge in [-0.3, -0.25) is 0 Å². The number of allylic oxidation sites excluding steroid dienone is 2. The van der Waals surface area contributed by atoms with Crippen molar-refractivity contribution < 1.29 is 0 Å². The first kappa shape index (κ1) is 7.83. The molecule has 0 spiro atoms. The Morgan fingerprint density at radius 3 is 2.75 bits per heavy atom. The van der Waals surface area contributed by atoms with Crippen molar-refractivity contribution in [2.75, 3.05) is 12.0 Å². The van der Waals surface area contributed by atoms with E-state index in [1.807, 2.05) is 17.8 Å². The van der Waals surface area contributed by atoms with Gasteiger partial charge in [0.15, 0.2) is 0 Å². The van der Waals surface area contributed by atoms with E-state index in [0.717, 1.165) is 5.75 Å². The minimum absolute atomic E-state index is 1.10. The average Bonchev–Trinajstić information content (AvgIpc) is 1.83. The topological polar surface area (TPSA) is 0 Å². The molecule has 0 radical (unpaired) electrons. The standard InChI is InChI=1S/C7H12S/c1-4-7(2)5-6-8-3/h4-5H,1,6H2,2-3H3/b7-5+. The molecule has 0 aromatic carbocycles. The van der Waals surface area contributed by atoms with Gasteiger partial charge in [-0.05, 0) is 13.2 Å². The Balaban J connectivity index is 3.40. The second kappa shape index (κ2) is 4.98. The van der Waals surface area contributed by atoms with Crippen LogP contribution in [0.25, 0.3) is 0 Å². The minimum atomic E-state index is 1.10. The molecule has 0 aromatic rings. The third kappa shape index (κ3) is 4.00. The van der Waals surface area contributed by atoms with E-state index in [2.05, 4.69) is 25.8 Å². The summed E-state index contributed by atoms with van der Waals surface area (Å²) >= 11 is 1.82. The zero-order valence-corrected chi connectivity index (χ0v) is 6.29. The summed E-state index contributed by atoms with van der Waals surface area (Å²) in [5.74, 6) is 1.10. The van der Waals surface area contributed by atoms with Crippen molar-refractivity contribution >= 4 is 11.8 Å². The maximum absolute atomic E-state index is 3.64. The molecule has 8 heavy (non-hydrogen) atoms. The molecule has 0 nitrogen and oxygen atoms in total. The van der Waals surface area contributed by atoms with Crippen LogP contribution in [0.3, 0.4) is 0 Å². The normalized spacial score (nSPS) is 11.5. The number of thioether (sulfide) groups is 1. The summed E-state index contributed by atoms with van der Waals surface area (Å²) in [6.45, 7) is 5.69. The van der Waals surface area contributed by atoms with E-state index in [1.165, 1.54) is 5.57 Å². The maximum Gasteiger partial charge on any atom is 0.0116 e. The van der Waals surface area contributed by atoms with Gasteiger partial charge in [-0.1, -0.05) is 24.3 Å². The Labute approximate surface area is 55.7 Å². The summed E-state index contributed by atoms with van der Waals surface area (Å²) in [5, 5.41) is 0. The Bertz CT molecular complexity index is 92.6. The summed E-state index contributed by atoms with van der Waals surface area (Å²) in [5.41, 5.74) is 1.26. The fraction of sp³-hybridized carbons (Fsp3) is 0.429. The Morgan fingerprint density at radius 1 is 1.75 bits per heavy atom. The first-order chi connectivity index (χ1) is 3.81. The molecule has 0 saturated heterocycles. The number of hydrogen-bond donors (Lipinski definition) is 0. The molecule has 0 amide bonds. The van der Waals surface area contributed by atoms with E-state index in [9.17, 15) is 0 Å². The van der Waals surface area contributed by atoms with Crippen molar-refractivity contribution in [1.29, 1.82) is 0 Å². The van der Waals surface area contributed by atoms with Crippen molar-refractivity contribution in [2.24, 2.45) is 0 Å². The van der Waals surface area contributed by atoms with Crippen LogP contribution in [0.4, 0.5) is 0 Å². The molecule has 0 saturated carbocycles. The highest BCUT2D eigenvalue weighted by Gasteiger charge is 1.76. The smallest absolute Gasteiger partial charge is 0.0116 e. The second-order valence-electron chi connectivity index (χ2n) is 1.61. The third-order valence-electron chi connectivity index (χ3n) is 0.894. The van der Waals surface area contributed by atoms with Crippen molar-refractivity contribution in [3.05, 3.63) is 24.3 Å². The molecule has 0 bridgehead atoms. The highest BCUT2D eigenvalue weighted by molar-refractivity contribution is 7.98. The third-order valence-corrected chi connectivity index (χ3v) is 1.39. The van der Waals surface area contributed by atoms with Crippen LogP contribution in [0.2, 0.25) is 0 Å². The molecule has 0 unspecified atom stereocenters. The highest BCUT2D eigenvalue weighted by Crippen LogP contribution is 1.97. The number of hydrogen-bond acceptors (Lipinski definition) is 1. The molecule has 0 aromatic heterocycles. The van der Waals surface area contributed by atoms with Gasteiger partial charge in [0.25, 0.3) is 0 Å². The molecule has 0 atom stereocenters. The lowest BCUT2D eigenvalue weighted by Crippen LogP contribution is -1.70. The zero-order valence-electron chi connectivity index (χ0n) is 5.48. The zero-order chi connectivity index (χ0) is 6.41. The molecular formula is C7H12S. The SMILES string of the molecule is C=C/C(C)=C/CSC. The second-order valence-corrected chi connectivity index (χ2v) is 2.52. The Hall–Kier alpha value is -0.170. The molecule has 1 heteroatoms. The largest absolute Gasteiger partial charge is 0.161 e. The molecule has 0 aliphatic carbocycles. The summed E-state index contributed by atoms with van der Waals surface area (Å²) in [6, 6.07) is 0. The van der Waals surface area contributed by atoms with Crippen LogP contribution in [-0.4, -0.2) is 12.0 Å². The van der Waals surface area contributed by atoms with E-state index >= 15 is 0 Å². The number of rotatable bonds is 3. The van der Waals surface area contributed by atoms with Gasteiger partial charge < -0.3 is 0 Å². The van der Waals surface area contributed by atoms with Crippen LogP contribution in [0.5, 0.6) is 0 Å². The summed E-state index contributed by atoms with van der Waals surface area (Å²) in [7, 11) is 0. The van der Waals surface area contributed by atoms with Gasteiger partial charge >= 0.3 is 0 Å². The highest BCUT2D eigenvalue weighted by atomic mass is 32.2. The van der Waals surface area contributed by atoms with Gasteiger partial charge in [-0.25, -0.2) is 0 Å². The fourth-order valence-electron chi connectivity index (χ4n) is 0.298. The lowest BCUT2D eigenvalue weighted by Gasteiger charge is -1.87. The van der Waals surface area contributed by atoms with Crippen molar-refractivity contribution in [1.82, 2.24) is 0 Å². The van der Waals surface area contributed by atoms with Crippen LogP contribution in [0, 0.1) is 0 Å². The lowest BCUT2D eigenvalue weighted by molar-refractivity contribution is 1.50. The van der Waals surface area contributed by atoms with Gasteiger partial charge in [0, 0.05) is 5.75 Å². The molecule has 0 rings (SSSR count). The van der Waals surface area contributed by atoms with Crippen LogP contribution >= 0.6 is 11.8 Å². The Morgan fingerprint density at radius 2 is 2.38 bits per heavy atom. The predicted molar refractivity (Wildman–Crippen MR) is 42.3 cm³/mol. The van der Waals surface area contributed by atoms with Crippen LogP contribution < -0.4 is 0 Å². The summed E-state index contributed by atoms with van der Waals surface area (Å²) < 4.78 is 0. The quantitative estimate of drug-likeness (QED) is 0.526. The van der Waals surface area contributed by atoms with Crippen LogP contribution in [0.1, 0.15) is 6.92 Å². The Kier molecular flexibility index (Phi) is 4.87. The van der Waals surface area contributed by atoms with Gasteiger partial charge in [0.1, 0.15) is 0 Å². The van der Waals surface area contributed by atoms with Gasteiger partial charge in [0.2, 0.25) is 0 Å². The lowest BCUT2D eigenvalue weighted by atomic mass is 10.3. The molecule has 0 heterocycles. The molecule has 0 aliphatic rings. The van der Waals surface area contributed by atoms with E-state index in [4.69, 9.17) is 0 Å². The van der Waals surface area contributed by atoms with Gasteiger partial charge in [-0.15, -0.1) is 0 Å². The van der Waals surface area contributed by atoms with Gasteiger partial charge in [0.05, 0.1) is 0 Å². The first-order valence-corrected chi connectivity index (χ1v) is 3.98. The van der Waals surface area contributed by atoms with Gasteiger partial charge in [-0.2, -0.15) is 11.8 Å². The van der Waals surface area contributed by atoms with E-state index < -0.39 is 0 Å². The van der Waals surface area contributed by atoms with Crippen LogP contribution in [-0.2, 0) is 0 Å². The summed E-state index contributed by atoms with van der Waals surface area (Å²) in [4.78, 5) is 0. The van der Waals surface area contributed by atoms with E-state index in [0.29, 0.717) is 0 Å². The van der Waals surface area contributed by atoms with E-state index in [1.54, 1.807) is 0 Å². The first-order valence-electron chi connectivity index (χ1n) is 2.59. The van der Waals surface area contributed by atoms with Crippen molar-refractivity contribution in [2.45, 2.75) is 6.92 Å². The fourth-order valence-corrected chi connectivity index (χ4v) is 0.728. The summed E-state index contributed by atoms with van der Waals surface area (Å²) in [6.07, 6.45) is 6.13. The van der Waals surface area contributed by atoms with Crippen molar-refractivity contribution in [3.8, 4) is 0 Å². The van der Waals surface area contributed by atoms with Crippen molar-refractivity contribution in [3.63, 3.8) is 0 Å². The minimum Gasteiger partial charge on any atom is -0.161 e. The van der Waals surface area contributed by atoms with E-state index in [-0.39, 0.29) is 0 Å². The molecule has 0 fully saturated rings. The molecule has 0 N–H and O–H groups in total. The molecule has 0 aliphatic heterocycles. The predicted octanol–water partition coefficient (Wildman–Crippen LogP) is 2.48.